The van der Waals surface area contributed by atoms with Crippen LogP contribution in [0.5, 0.6) is 0 Å². The van der Waals surface area contributed by atoms with E-state index in [2.05, 4.69) is 5.32 Å². The van der Waals surface area contributed by atoms with E-state index in [0.29, 0.717) is 17.1 Å². The number of aryl methyl sites for hydroxylation is 1. The second-order valence-electron chi connectivity index (χ2n) is 7.01. The molecule has 1 aromatic carbocycles. The Morgan fingerprint density at radius 2 is 1.97 bits per heavy atom. The number of amides is 4. The average molecular weight is 434 g/mol. The fourth-order valence-corrected chi connectivity index (χ4v) is 3.30. The molecule has 0 saturated carbocycles. The quantitative estimate of drug-likeness (QED) is 0.372. The summed E-state index contributed by atoms with van der Waals surface area (Å²) in [5.41, 5.74) is 1.68. The third-order valence-electron chi connectivity index (χ3n) is 4.91. The molecule has 1 saturated heterocycles. The van der Waals surface area contributed by atoms with E-state index < -0.39 is 23.8 Å². The van der Waals surface area contributed by atoms with Gasteiger partial charge in [0.25, 0.3) is 11.8 Å². The summed E-state index contributed by atoms with van der Waals surface area (Å²) in [4.78, 5) is 49.7. The molecule has 1 aliphatic heterocycles. The number of hydrogen-bond acceptors (Lipinski definition) is 7. The summed E-state index contributed by atoms with van der Waals surface area (Å²) in [7, 11) is 1.31. The number of ether oxygens (including phenoxy) is 1. The van der Waals surface area contributed by atoms with Gasteiger partial charge in [0.15, 0.2) is 0 Å². The minimum absolute atomic E-state index is 0.114. The lowest BCUT2D eigenvalue weighted by Gasteiger charge is -2.25. The molecule has 3 heterocycles. The number of nitrogens with zero attached hydrogens (tertiary/aromatic N) is 1. The highest BCUT2D eigenvalue weighted by Gasteiger charge is 2.36. The maximum atomic E-state index is 12.8. The predicted molar refractivity (Wildman–Crippen MR) is 111 cm³/mol. The molecule has 3 aromatic rings. The number of urea groups is 1. The van der Waals surface area contributed by atoms with Gasteiger partial charge in [-0.25, -0.2) is 9.59 Å². The third kappa shape index (κ3) is 3.95. The van der Waals surface area contributed by atoms with Crippen LogP contribution in [-0.2, 0) is 20.9 Å². The number of imide groups is 2. The summed E-state index contributed by atoms with van der Waals surface area (Å²) in [5, 5.41) is 2.14. The van der Waals surface area contributed by atoms with Crippen LogP contribution in [0.4, 0.5) is 4.79 Å². The van der Waals surface area contributed by atoms with Gasteiger partial charge in [0.05, 0.1) is 25.5 Å². The molecular formula is C23H18N2O7. The van der Waals surface area contributed by atoms with Crippen LogP contribution >= 0.6 is 0 Å². The van der Waals surface area contributed by atoms with Crippen molar-refractivity contribution in [3.8, 4) is 11.3 Å². The molecule has 2 aromatic heterocycles. The lowest BCUT2D eigenvalue weighted by atomic mass is 10.0. The van der Waals surface area contributed by atoms with Crippen LogP contribution in [0.2, 0.25) is 0 Å². The summed E-state index contributed by atoms with van der Waals surface area (Å²) in [6.45, 7) is 1.70. The fraction of sp³-hybridized carbons (Fsp3) is 0.130. The molecular weight excluding hydrogens is 416 g/mol. The summed E-state index contributed by atoms with van der Waals surface area (Å²) in [5.74, 6) is -0.882. The molecule has 0 unspecified atom stereocenters. The van der Waals surface area contributed by atoms with Crippen molar-refractivity contribution in [1.82, 2.24) is 10.2 Å². The van der Waals surface area contributed by atoms with Crippen molar-refractivity contribution in [3.05, 3.63) is 76.9 Å². The number of nitrogens with one attached hydrogen (secondary N) is 1. The second kappa shape index (κ2) is 8.38. The molecule has 0 spiro atoms. The van der Waals surface area contributed by atoms with Crippen molar-refractivity contribution < 1.29 is 32.7 Å². The standard InChI is InChI=1S/C23H18N2O7/c1-13-10-14(22(28)30-2)5-7-17(13)19-8-6-15(32-19)11-18-20(26)24-23(29)25(21(18)27)12-16-4-3-9-31-16/h3-11H,12H2,1-2H3,(H,24,26,29). The largest absolute Gasteiger partial charge is 0.467 e. The Kier molecular flexibility index (Phi) is 5.46. The maximum absolute atomic E-state index is 12.8. The molecule has 9 heteroatoms. The Labute approximate surface area is 182 Å². The lowest BCUT2D eigenvalue weighted by molar-refractivity contribution is -0.130. The smallest absolute Gasteiger partial charge is 0.337 e. The van der Waals surface area contributed by atoms with Crippen LogP contribution in [0.3, 0.4) is 0 Å². The lowest BCUT2D eigenvalue weighted by Crippen LogP contribution is -2.53. The molecule has 162 valence electrons. The van der Waals surface area contributed by atoms with Gasteiger partial charge in [-0.2, -0.15) is 0 Å². The number of furan rings is 2. The number of methoxy groups -OCH3 is 1. The zero-order chi connectivity index (χ0) is 22.8. The van der Waals surface area contributed by atoms with E-state index in [1.165, 1.54) is 19.4 Å². The molecule has 1 N–H and O–H groups in total. The van der Waals surface area contributed by atoms with Gasteiger partial charge in [0.2, 0.25) is 0 Å². The van der Waals surface area contributed by atoms with E-state index in [9.17, 15) is 19.2 Å². The van der Waals surface area contributed by atoms with E-state index in [1.54, 1.807) is 42.5 Å². The summed E-state index contributed by atoms with van der Waals surface area (Å²) < 4.78 is 15.7. The van der Waals surface area contributed by atoms with Crippen LogP contribution in [0.25, 0.3) is 17.4 Å². The van der Waals surface area contributed by atoms with E-state index >= 15 is 0 Å². The number of esters is 1. The van der Waals surface area contributed by atoms with E-state index in [-0.39, 0.29) is 17.9 Å². The molecule has 1 aliphatic rings. The third-order valence-corrected chi connectivity index (χ3v) is 4.91. The van der Waals surface area contributed by atoms with Crippen molar-refractivity contribution in [2.45, 2.75) is 13.5 Å². The molecule has 9 nitrogen and oxygen atoms in total. The number of carbonyl (C=O) groups is 4. The van der Waals surface area contributed by atoms with Gasteiger partial charge < -0.3 is 13.6 Å². The molecule has 4 amide bonds. The normalized spacial score (nSPS) is 15.2. The topological polar surface area (TPSA) is 119 Å². The van der Waals surface area contributed by atoms with Crippen molar-refractivity contribution in [1.29, 1.82) is 0 Å². The van der Waals surface area contributed by atoms with Gasteiger partial charge >= 0.3 is 12.0 Å². The Hall–Kier alpha value is -4.40. The van der Waals surface area contributed by atoms with Crippen LogP contribution in [0.15, 0.2) is 63.1 Å². The number of barbiturate groups is 1. The van der Waals surface area contributed by atoms with Gasteiger partial charge in [-0.15, -0.1) is 0 Å². The second-order valence-corrected chi connectivity index (χ2v) is 7.01. The fourth-order valence-electron chi connectivity index (χ4n) is 3.30. The van der Waals surface area contributed by atoms with Gasteiger partial charge in [0.1, 0.15) is 22.9 Å². The monoisotopic (exact) mass is 434 g/mol. The minimum Gasteiger partial charge on any atom is -0.467 e. The van der Waals surface area contributed by atoms with Crippen LogP contribution in [0.1, 0.15) is 27.4 Å². The molecule has 32 heavy (non-hydrogen) atoms. The zero-order valence-electron chi connectivity index (χ0n) is 17.2. The predicted octanol–water partition coefficient (Wildman–Crippen LogP) is 3.30. The Balaban J connectivity index is 1.60. The maximum Gasteiger partial charge on any atom is 0.337 e. The van der Waals surface area contributed by atoms with Crippen LogP contribution in [-0.4, -0.2) is 35.8 Å². The van der Waals surface area contributed by atoms with Crippen LogP contribution < -0.4 is 5.32 Å². The first-order chi connectivity index (χ1) is 15.4. The van der Waals surface area contributed by atoms with Gasteiger partial charge in [0, 0.05) is 5.56 Å². The first-order valence-electron chi connectivity index (χ1n) is 9.58. The summed E-state index contributed by atoms with van der Waals surface area (Å²) in [6, 6.07) is 10.7. The molecule has 0 bridgehead atoms. The highest BCUT2D eigenvalue weighted by atomic mass is 16.5. The summed E-state index contributed by atoms with van der Waals surface area (Å²) >= 11 is 0. The highest BCUT2D eigenvalue weighted by Crippen LogP contribution is 2.28. The molecule has 1 fully saturated rings. The Morgan fingerprint density at radius 1 is 1.16 bits per heavy atom. The Bertz CT molecular complexity index is 1250. The average Bonchev–Trinajstić information content (AvgIpc) is 3.45. The van der Waals surface area contributed by atoms with Crippen molar-refractivity contribution in [2.24, 2.45) is 0 Å². The van der Waals surface area contributed by atoms with Crippen molar-refractivity contribution in [3.63, 3.8) is 0 Å². The van der Waals surface area contributed by atoms with Gasteiger partial charge in [-0.1, -0.05) is 6.07 Å². The molecule has 4 rings (SSSR count). The molecule has 0 atom stereocenters. The van der Waals surface area contributed by atoms with E-state index in [4.69, 9.17) is 13.6 Å². The molecule has 0 radical (unpaired) electrons. The Morgan fingerprint density at radius 3 is 2.66 bits per heavy atom. The number of rotatable bonds is 5. The van der Waals surface area contributed by atoms with Crippen LogP contribution in [0, 0.1) is 6.92 Å². The zero-order valence-corrected chi connectivity index (χ0v) is 17.2. The number of hydrogen-bond donors (Lipinski definition) is 1. The first kappa shape index (κ1) is 20.9. The highest BCUT2D eigenvalue weighted by molar-refractivity contribution is 6.30. The SMILES string of the molecule is COC(=O)c1ccc(-c2ccc(C=C3C(=O)NC(=O)N(Cc4ccco4)C3=O)o2)c(C)c1. The van der Waals surface area contributed by atoms with Gasteiger partial charge in [-0.3, -0.25) is 19.8 Å². The first-order valence-corrected chi connectivity index (χ1v) is 9.58. The van der Waals surface area contributed by atoms with Crippen molar-refractivity contribution in [2.75, 3.05) is 7.11 Å². The minimum atomic E-state index is -0.824. The van der Waals surface area contributed by atoms with E-state index in [0.717, 1.165) is 16.0 Å². The number of benzene rings is 1. The van der Waals surface area contributed by atoms with Crippen molar-refractivity contribution >= 4 is 29.9 Å². The number of carbonyl (C=O) groups excluding carboxylic acids is 4. The summed E-state index contributed by atoms with van der Waals surface area (Å²) in [6.07, 6.45) is 2.70. The molecule has 0 aliphatic carbocycles. The van der Waals surface area contributed by atoms with E-state index in [1.807, 2.05) is 6.92 Å². The van der Waals surface area contributed by atoms with Gasteiger partial charge in [-0.05, 0) is 55.0 Å².